The third kappa shape index (κ3) is 3.96. The van der Waals surface area contributed by atoms with Gasteiger partial charge in [-0.3, -0.25) is 9.59 Å². The van der Waals surface area contributed by atoms with Crippen molar-refractivity contribution in [2.24, 2.45) is 5.92 Å². The number of carbonyl (C=O) groups is 3. The number of alkyl halides is 3. The lowest BCUT2D eigenvalue weighted by Gasteiger charge is -2.18. The van der Waals surface area contributed by atoms with Crippen LogP contribution in [0.25, 0.3) is 0 Å². The standard InChI is InChI=1S/C16H13F3N4O4S/c1-27-15(26)12-14(28-22-21-12)20-13(25)8-5-11(24)23(7-8)10-4-2-3-9(6-10)16(17,18)19/h2-4,6,8H,5,7H2,1H3,(H,20,25)/t8-/m0/s1. The molecule has 3 rings (SSSR count). The molecule has 0 aliphatic carbocycles. The Kier molecular flexibility index (Phi) is 5.31. The Balaban J connectivity index is 1.74. The Hall–Kier alpha value is -3.02. The number of nitrogens with one attached hydrogen (secondary N) is 1. The minimum absolute atomic E-state index is 0.0600. The van der Waals surface area contributed by atoms with Gasteiger partial charge in [-0.25, -0.2) is 4.79 Å². The summed E-state index contributed by atoms with van der Waals surface area (Å²) >= 11 is 0.766. The van der Waals surface area contributed by atoms with E-state index in [0.717, 1.165) is 35.7 Å². The fourth-order valence-electron chi connectivity index (χ4n) is 2.70. The second kappa shape index (κ2) is 7.54. The minimum atomic E-state index is -4.54. The zero-order chi connectivity index (χ0) is 20.5. The largest absolute Gasteiger partial charge is 0.464 e. The van der Waals surface area contributed by atoms with Gasteiger partial charge in [0.15, 0.2) is 5.00 Å². The van der Waals surface area contributed by atoms with Crippen molar-refractivity contribution in [3.8, 4) is 0 Å². The fraction of sp³-hybridized carbons (Fsp3) is 0.312. The summed E-state index contributed by atoms with van der Waals surface area (Å²) in [5, 5.41) is 6.11. The highest BCUT2D eigenvalue weighted by atomic mass is 32.1. The number of anilines is 2. The SMILES string of the molecule is COC(=O)c1nnsc1NC(=O)[C@H]1CC(=O)N(c2cccc(C(F)(F)F)c2)C1. The first-order valence-electron chi connectivity index (χ1n) is 7.90. The van der Waals surface area contributed by atoms with E-state index >= 15 is 0 Å². The maximum atomic E-state index is 12.9. The molecule has 0 radical (unpaired) electrons. The Morgan fingerprint density at radius 2 is 2.11 bits per heavy atom. The molecule has 2 amide bonds. The molecule has 2 aromatic rings. The van der Waals surface area contributed by atoms with E-state index in [1.54, 1.807) is 0 Å². The molecule has 2 heterocycles. The zero-order valence-electron chi connectivity index (χ0n) is 14.3. The second-order valence-electron chi connectivity index (χ2n) is 5.88. The number of methoxy groups -OCH3 is 1. The van der Waals surface area contributed by atoms with Gasteiger partial charge in [0, 0.05) is 30.2 Å². The molecule has 28 heavy (non-hydrogen) atoms. The molecule has 1 aromatic carbocycles. The molecule has 1 atom stereocenters. The van der Waals surface area contributed by atoms with Crippen LogP contribution < -0.4 is 10.2 Å². The highest BCUT2D eigenvalue weighted by molar-refractivity contribution is 7.10. The maximum Gasteiger partial charge on any atom is 0.416 e. The average Bonchev–Trinajstić information content (AvgIpc) is 3.27. The van der Waals surface area contributed by atoms with Gasteiger partial charge in [0.25, 0.3) is 0 Å². The number of ether oxygens (including phenoxy) is 1. The summed E-state index contributed by atoms with van der Waals surface area (Å²) in [5.41, 5.74) is -0.992. The monoisotopic (exact) mass is 414 g/mol. The van der Waals surface area contributed by atoms with Crippen LogP contribution in [0.3, 0.4) is 0 Å². The molecule has 0 spiro atoms. The Morgan fingerprint density at radius 3 is 2.79 bits per heavy atom. The lowest BCUT2D eigenvalue weighted by molar-refractivity contribution is -0.137. The van der Waals surface area contributed by atoms with Gasteiger partial charge < -0.3 is 15.0 Å². The molecular formula is C16H13F3N4O4S. The molecule has 0 unspecified atom stereocenters. The molecule has 1 saturated heterocycles. The smallest absolute Gasteiger partial charge is 0.416 e. The quantitative estimate of drug-likeness (QED) is 0.771. The van der Waals surface area contributed by atoms with Crippen LogP contribution in [0.2, 0.25) is 0 Å². The van der Waals surface area contributed by atoms with Crippen LogP contribution >= 0.6 is 11.5 Å². The van der Waals surface area contributed by atoms with E-state index in [4.69, 9.17) is 0 Å². The van der Waals surface area contributed by atoms with E-state index in [1.165, 1.54) is 12.1 Å². The summed E-state index contributed by atoms with van der Waals surface area (Å²) in [7, 11) is 1.15. The maximum absolute atomic E-state index is 12.9. The van der Waals surface area contributed by atoms with Gasteiger partial charge in [-0.05, 0) is 18.2 Å². The molecule has 1 aromatic heterocycles. The van der Waals surface area contributed by atoms with E-state index in [1.807, 2.05) is 0 Å². The van der Waals surface area contributed by atoms with Crippen molar-refractivity contribution >= 4 is 40.0 Å². The lowest BCUT2D eigenvalue weighted by Crippen LogP contribution is -2.28. The summed E-state index contributed by atoms with van der Waals surface area (Å²) in [6.45, 7) is -0.0915. The summed E-state index contributed by atoms with van der Waals surface area (Å²) in [6, 6.07) is 4.33. The van der Waals surface area contributed by atoms with Gasteiger partial charge in [-0.15, -0.1) is 5.10 Å². The third-order valence-corrected chi connectivity index (χ3v) is 4.73. The van der Waals surface area contributed by atoms with Crippen molar-refractivity contribution in [2.45, 2.75) is 12.6 Å². The number of rotatable bonds is 4. The van der Waals surface area contributed by atoms with Gasteiger partial charge in [-0.1, -0.05) is 10.6 Å². The summed E-state index contributed by atoms with van der Waals surface area (Å²) in [5.74, 6) is -2.64. The van der Waals surface area contributed by atoms with E-state index in [-0.39, 0.29) is 29.3 Å². The van der Waals surface area contributed by atoms with Crippen molar-refractivity contribution < 1.29 is 32.3 Å². The average molecular weight is 414 g/mol. The van der Waals surface area contributed by atoms with Crippen LogP contribution in [0.5, 0.6) is 0 Å². The molecule has 148 valence electrons. The van der Waals surface area contributed by atoms with E-state index in [0.29, 0.717) is 0 Å². The van der Waals surface area contributed by atoms with Gasteiger partial charge in [-0.2, -0.15) is 13.2 Å². The van der Waals surface area contributed by atoms with Gasteiger partial charge >= 0.3 is 12.1 Å². The van der Waals surface area contributed by atoms with Crippen LogP contribution in [0.1, 0.15) is 22.5 Å². The number of hydrogen-bond donors (Lipinski definition) is 1. The number of carbonyl (C=O) groups excluding carboxylic acids is 3. The molecule has 1 aliphatic rings. The summed E-state index contributed by atoms with van der Waals surface area (Å²) in [6.07, 6.45) is -4.72. The van der Waals surface area contributed by atoms with Crippen molar-refractivity contribution in [1.82, 2.24) is 9.59 Å². The minimum Gasteiger partial charge on any atom is -0.464 e. The molecule has 1 aliphatic heterocycles. The van der Waals surface area contributed by atoms with E-state index < -0.39 is 35.4 Å². The Bertz CT molecular complexity index is 931. The number of nitrogens with zero attached hydrogens (tertiary/aromatic N) is 3. The van der Waals surface area contributed by atoms with Crippen molar-refractivity contribution in [3.05, 3.63) is 35.5 Å². The van der Waals surface area contributed by atoms with Crippen LogP contribution in [0.15, 0.2) is 24.3 Å². The number of halogens is 3. The van der Waals surface area contributed by atoms with Gasteiger partial charge in [0.05, 0.1) is 18.6 Å². The highest BCUT2D eigenvalue weighted by Crippen LogP contribution is 2.33. The molecule has 1 fully saturated rings. The normalized spacial score (nSPS) is 16.9. The fourth-order valence-corrected chi connectivity index (χ4v) is 3.26. The number of aromatic nitrogens is 2. The summed E-state index contributed by atoms with van der Waals surface area (Å²) < 4.78 is 46.8. The van der Waals surface area contributed by atoms with Crippen molar-refractivity contribution in [1.29, 1.82) is 0 Å². The van der Waals surface area contributed by atoms with Gasteiger partial charge in [0.2, 0.25) is 17.5 Å². The topological polar surface area (TPSA) is 101 Å². The molecule has 8 nitrogen and oxygen atoms in total. The Morgan fingerprint density at radius 1 is 1.36 bits per heavy atom. The Labute approximate surface area is 160 Å². The number of amides is 2. The van der Waals surface area contributed by atoms with Crippen LogP contribution in [-0.4, -0.2) is 41.0 Å². The first-order chi connectivity index (χ1) is 13.2. The van der Waals surface area contributed by atoms with Crippen LogP contribution in [0.4, 0.5) is 23.9 Å². The first kappa shape index (κ1) is 19.7. The molecule has 1 N–H and O–H groups in total. The van der Waals surface area contributed by atoms with Crippen molar-refractivity contribution in [3.63, 3.8) is 0 Å². The lowest BCUT2D eigenvalue weighted by atomic mass is 10.1. The molecule has 12 heteroatoms. The van der Waals surface area contributed by atoms with Crippen molar-refractivity contribution in [2.75, 3.05) is 23.9 Å². The molecule has 0 saturated carbocycles. The van der Waals surface area contributed by atoms with E-state index in [2.05, 4.69) is 19.6 Å². The second-order valence-corrected chi connectivity index (χ2v) is 6.64. The number of esters is 1. The third-order valence-electron chi connectivity index (χ3n) is 4.08. The summed E-state index contributed by atoms with van der Waals surface area (Å²) in [4.78, 5) is 37.4. The van der Waals surface area contributed by atoms with E-state index in [9.17, 15) is 27.6 Å². The molecular weight excluding hydrogens is 401 g/mol. The molecule has 0 bridgehead atoms. The highest BCUT2D eigenvalue weighted by Gasteiger charge is 2.37. The first-order valence-corrected chi connectivity index (χ1v) is 8.67. The predicted molar refractivity (Wildman–Crippen MR) is 91.8 cm³/mol. The van der Waals surface area contributed by atoms with Crippen LogP contribution in [-0.2, 0) is 20.5 Å². The number of hydrogen-bond acceptors (Lipinski definition) is 7. The predicted octanol–water partition coefficient (Wildman–Crippen LogP) is 2.34. The van der Waals surface area contributed by atoms with Gasteiger partial charge in [0.1, 0.15) is 0 Å². The number of benzene rings is 1. The van der Waals surface area contributed by atoms with Crippen LogP contribution in [0, 0.1) is 5.92 Å². The zero-order valence-corrected chi connectivity index (χ0v) is 15.1.